The summed E-state index contributed by atoms with van der Waals surface area (Å²) in [5, 5.41) is 4.09. The Bertz CT molecular complexity index is 1360. The maximum Gasteiger partial charge on any atom is 0.573 e. The van der Waals surface area contributed by atoms with Crippen molar-refractivity contribution >= 4 is 5.84 Å². The van der Waals surface area contributed by atoms with Gasteiger partial charge in [-0.2, -0.15) is 0 Å². The lowest BCUT2D eigenvalue weighted by Gasteiger charge is -2.27. The van der Waals surface area contributed by atoms with Crippen LogP contribution in [0.5, 0.6) is 5.75 Å². The summed E-state index contributed by atoms with van der Waals surface area (Å²) in [7, 11) is 0. The zero-order valence-electron chi connectivity index (χ0n) is 17.9. The van der Waals surface area contributed by atoms with Crippen molar-refractivity contribution in [3.8, 4) is 16.9 Å². The van der Waals surface area contributed by atoms with Gasteiger partial charge < -0.3 is 18.9 Å². The van der Waals surface area contributed by atoms with Gasteiger partial charge in [-0.05, 0) is 47.5 Å². The molecule has 2 aromatic carbocycles. The summed E-state index contributed by atoms with van der Waals surface area (Å²) in [6.07, 6.45) is -1.43. The maximum absolute atomic E-state index is 14.6. The molecule has 0 radical (unpaired) electrons. The third kappa shape index (κ3) is 4.68. The zero-order valence-corrected chi connectivity index (χ0v) is 17.9. The Labute approximate surface area is 197 Å². The molecule has 3 heterocycles. The molecule has 6 nitrogen and oxygen atoms in total. The van der Waals surface area contributed by atoms with E-state index in [4.69, 9.17) is 9.25 Å². The first-order chi connectivity index (χ1) is 16.9. The van der Waals surface area contributed by atoms with E-state index in [0.717, 1.165) is 0 Å². The second-order valence-electron chi connectivity index (χ2n) is 7.58. The molecule has 0 saturated carbocycles. The van der Waals surface area contributed by atoms with Crippen LogP contribution in [0.3, 0.4) is 0 Å². The summed E-state index contributed by atoms with van der Waals surface area (Å²) in [4.78, 5) is 11.4. The van der Waals surface area contributed by atoms with Crippen molar-refractivity contribution in [3.63, 3.8) is 0 Å². The Morgan fingerprint density at radius 3 is 2.51 bits per heavy atom. The third-order valence-electron chi connectivity index (χ3n) is 5.35. The van der Waals surface area contributed by atoms with E-state index in [1.807, 2.05) is 0 Å². The largest absolute Gasteiger partial charge is 0.573 e. The molecular weight excluding hydrogens is 466 g/mol. The van der Waals surface area contributed by atoms with Gasteiger partial charge in [0.25, 0.3) is 0 Å². The van der Waals surface area contributed by atoms with E-state index in [-0.39, 0.29) is 17.9 Å². The van der Waals surface area contributed by atoms with Gasteiger partial charge in [-0.3, -0.25) is 4.98 Å². The van der Waals surface area contributed by atoms with Crippen LogP contribution in [0.15, 0.2) is 95.0 Å². The average Bonchev–Trinajstić information content (AvgIpc) is 3.50. The quantitative estimate of drug-likeness (QED) is 0.303. The smallest absolute Gasteiger partial charge is 0.461 e. The van der Waals surface area contributed by atoms with Gasteiger partial charge in [0.2, 0.25) is 12.1 Å². The third-order valence-corrected chi connectivity index (χ3v) is 5.35. The number of furan rings is 1. The van der Waals surface area contributed by atoms with Crippen LogP contribution in [0.4, 0.5) is 17.6 Å². The van der Waals surface area contributed by atoms with Crippen LogP contribution in [0.2, 0.25) is 0 Å². The number of pyridine rings is 1. The van der Waals surface area contributed by atoms with Gasteiger partial charge >= 0.3 is 6.36 Å². The number of nitrogens with zero attached hydrogens (tertiary/aromatic N) is 3. The zero-order chi connectivity index (χ0) is 24.4. The summed E-state index contributed by atoms with van der Waals surface area (Å²) in [5.41, 5.74) is 1.63. The first kappa shape index (κ1) is 22.5. The molecule has 1 atom stereocenters. The minimum Gasteiger partial charge on any atom is -0.461 e. The fraction of sp³-hybridized carbons (Fsp3) is 0.120. The molecule has 0 aliphatic carbocycles. The van der Waals surface area contributed by atoms with Crippen molar-refractivity contribution in [3.05, 3.63) is 108 Å². The van der Waals surface area contributed by atoms with Crippen molar-refractivity contribution in [2.45, 2.75) is 19.1 Å². The Morgan fingerprint density at radius 1 is 0.943 bits per heavy atom. The highest BCUT2D eigenvalue weighted by molar-refractivity contribution is 5.97. The molecule has 1 aliphatic heterocycles. The highest BCUT2D eigenvalue weighted by Gasteiger charge is 2.39. The molecule has 0 N–H and O–H groups in total. The highest BCUT2D eigenvalue weighted by atomic mass is 19.4. The molecule has 178 valence electrons. The van der Waals surface area contributed by atoms with Crippen molar-refractivity contribution in [1.82, 2.24) is 9.88 Å². The van der Waals surface area contributed by atoms with E-state index in [9.17, 15) is 17.6 Å². The summed E-state index contributed by atoms with van der Waals surface area (Å²) in [6.45, 7) is 0.0715. The van der Waals surface area contributed by atoms with Crippen LogP contribution < -0.4 is 4.74 Å². The van der Waals surface area contributed by atoms with Gasteiger partial charge in [0.15, 0.2) is 5.76 Å². The summed E-state index contributed by atoms with van der Waals surface area (Å²) in [5.74, 6) is -0.243. The van der Waals surface area contributed by atoms with Crippen LogP contribution in [0.25, 0.3) is 11.1 Å². The van der Waals surface area contributed by atoms with E-state index < -0.39 is 24.2 Å². The highest BCUT2D eigenvalue weighted by Crippen LogP contribution is 2.39. The molecule has 1 unspecified atom stereocenters. The molecule has 5 rings (SSSR count). The summed E-state index contributed by atoms with van der Waals surface area (Å²) >= 11 is 0. The Kier molecular flexibility index (Phi) is 5.86. The SMILES string of the molecule is Fc1ccccc1-c1ccncc1CN1C(c2ccco2)=NOC1c1ccccc1OC(F)(F)F. The maximum atomic E-state index is 14.6. The van der Waals surface area contributed by atoms with Crippen molar-refractivity contribution in [2.24, 2.45) is 5.16 Å². The molecule has 1 aliphatic rings. The fourth-order valence-electron chi connectivity index (χ4n) is 3.88. The molecule has 4 aromatic rings. The van der Waals surface area contributed by atoms with Gasteiger partial charge in [-0.1, -0.05) is 35.5 Å². The van der Waals surface area contributed by atoms with E-state index in [1.54, 1.807) is 53.6 Å². The minimum atomic E-state index is -4.90. The standard InChI is InChI=1S/C25H17F4N3O3/c26-20-8-3-1-6-18(20)17-11-12-30-14-16(17)15-32-23(22-10-5-13-33-22)31-35-24(32)19-7-2-4-9-21(19)34-25(27,28)29/h1-14,24H,15H2. The predicted octanol–water partition coefficient (Wildman–Crippen LogP) is 6.27. The molecule has 10 heteroatoms. The minimum absolute atomic E-state index is 0.0715. The average molecular weight is 483 g/mol. The van der Waals surface area contributed by atoms with Crippen molar-refractivity contribution in [2.75, 3.05) is 0 Å². The molecule has 2 aromatic heterocycles. The molecule has 0 fully saturated rings. The van der Waals surface area contributed by atoms with Gasteiger partial charge in [0, 0.05) is 18.0 Å². The number of hydrogen-bond acceptors (Lipinski definition) is 6. The van der Waals surface area contributed by atoms with Crippen molar-refractivity contribution in [1.29, 1.82) is 0 Å². The van der Waals surface area contributed by atoms with Gasteiger partial charge in [0.05, 0.1) is 18.4 Å². The monoisotopic (exact) mass is 483 g/mol. The number of oxime groups is 1. The molecular formula is C25H17F4N3O3. The number of benzene rings is 2. The van der Waals surface area contributed by atoms with Crippen LogP contribution in [0.1, 0.15) is 23.1 Å². The number of amidine groups is 1. The lowest BCUT2D eigenvalue weighted by Crippen LogP contribution is -2.31. The molecule has 0 saturated heterocycles. The number of aromatic nitrogens is 1. The molecule has 0 spiro atoms. The Balaban J connectivity index is 1.57. The second kappa shape index (κ2) is 9.13. The molecule has 35 heavy (non-hydrogen) atoms. The number of para-hydroxylation sites is 1. The molecule has 0 amide bonds. The van der Waals surface area contributed by atoms with Gasteiger partial charge in [-0.25, -0.2) is 4.39 Å². The number of rotatable bonds is 6. The van der Waals surface area contributed by atoms with Crippen LogP contribution in [-0.4, -0.2) is 22.1 Å². The van der Waals surface area contributed by atoms with Crippen molar-refractivity contribution < 1.29 is 31.6 Å². The Morgan fingerprint density at radius 2 is 1.74 bits per heavy atom. The summed E-state index contributed by atoms with van der Waals surface area (Å²) < 4.78 is 63.5. The van der Waals surface area contributed by atoms with E-state index >= 15 is 0 Å². The van der Waals surface area contributed by atoms with Crippen LogP contribution >= 0.6 is 0 Å². The number of ether oxygens (including phenoxy) is 1. The number of alkyl halides is 3. The van der Waals surface area contributed by atoms with E-state index in [1.165, 1.54) is 36.7 Å². The van der Waals surface area contributed by atoms with Crippen LogP contribution in [0, 0.1) is 5.82 Å². The van der Waals surface area contributed by atoms with Crippen LogP contribution in [-0.2, 0) is 11.4 Å². The first-order valence-electron chi connectivity index (χ1n) is 10.5. The molecule has 0 bridgehead atoms. The van der Waals surface area contributed by atoms with Gasteiger partial charge in [-0.15, -0.1) is 13.2 Å². The van der Waals surface area contributed by atoms with E-state index in [0.29, 0.717) is 22.5 Å². The number of halogens is 4. The lowest BCUT2D eigenvalue weighted by atomic mass is 10.0. The Hall–Kier alpha value is -4.34. The van der Waals surface area contributed by atoms with E-state index in [2.05, 4.69) is 14.9 Å². The normalized spacial score (nSPS) is 15.6. The first-order valence-corrected chi connectivity index (χ1v) is 10.5. The summed E-state index contributed by atoms with van der Waals surface area (Å²) in [6, 6.07) is 16.9. The lowest BCUT2D eigenvalue weighted by molar-refractivity contribution is -0.275. The number of hydrogen-bond donors (Lipinski definition) is 0. The topological polar surface area (TPSA) is 60.1 Å². The predicted molar refractivity (Wildman–Crippen MR) is 117 cm³/mol. The van der Waals surface area contributed by atoms with Gasteiger partial charge in [0.1, 0.15) is 11.6 Å². The second-order valence-corrected chi connectivity index (χ2v) is 7.58. The fourth-order valence-corrected chi connectivity index (χ4v) is 3.88.